The molecule has 0 radical (unpaired) electrons. The Kier molecular flexibility index (Phi) is 3.60. The van der Waals surface area contributed by atoms with Crippen LogP contribution in [0.15, 0.2) is 24.3 Å². The van der Waals surface area contributed by atoms with Gasteiger partial charge in [0.1, 0.15) is 0 Å². The Morgan fingerprint density at radius 2 is 1.88 bits per heavy atom. The molecule has 4 fully saturated rings. The van der Waals surface area contributed by atoms with Crippen molar-refractivity contribution in [2.24, 2.45) is 17.8 Å². The average Bonchev–Trinajstić information content (AvgIpc) is 2.79. The zero-order chi connectivity index (χ0) is 17.0. The average molecular weight is 340 g/mol. The number of nitrogens with zero attached hydrogens (tertiary/aromatic N) is 1. The summed E-state index contributed by atoms with van der Waals surface area (Å²) in [6.07, 6.45) is 8.36. The Morgan fingerprint density at radius 3 is 2.64 bits per heavy atom. The minimum Gasteiger partial charge on any atom is -0.390 e. The van der Waals surface area contributed by atoms with Gasteiger partial charge in [0, 0.05) is 18.3 Å². The van der Waals surface area contributed by atoms with Crippen molar-refractivity contribution in [1.82, 2.24) is 5.32 Å². The summed E-state index contributed by atoms with van der Waals surface area (Å²) in [7, 11) is 0. The van der Waals surface area contributed by atoms with E-state index in [1.165, 1.54) is 18.4 Å². The zero-order valence-corrected chi connectivity index (χ0v) is 14.8. The lowest BCUT2D eigenvalue weighted by Gasteiger charge is -2.58. The van der Waals surface area contributed by atoms with Gasteiger partial charge in [-0.2, -0.15) is 0 Å². The summed E-state index contributed by atoms with van der Waals surface area (Å²) in [5.41, 5.74) is 1.93. The molecule has 6 rings (SSSR count). The van der Waals surface area contributed by atoms with Crippen LogP contribution in [0, 0.1) is 17.8 Å². The number of nitrogens with one attached hydrogen (secondary N) is 1. The number of benzene rings is 1. The normalized spacial score (nSPS) is 39.0. The fourth-order valence-electron chi connectivity index (χ4n) is 6.34. The fraction of sp³-hybridized carbons (Fsp3) is 0.667. The van der Waals surface area contributed by atoms with Crippen LogP contribution in [-0.2, 0) is 6.42 Å². The number of anilines is 1. The number of carbonyl (C=O) groups is 1. The summed E-state index contributed by atoms with van der Waals surface area (Å²) in [6, 6.07) is 8.65. The summed E-state index contributed by atoms with van der Waals surface area (Å²) < 4.78 is 0. The van der Waals surface area contributed by atoms with Gasteiger partial charge in [0.05, 0.1) is 5.60 Å². The molecule has 2 amide bonds. The lowest BCUT2D eigenvalue weighted by Crippen LogP contribution is -2.62. The van der Waals surface area contributed by atoms with E-state index < -0.39 is 5.60 Å². The van der Waals surface area contributed by atoms with Gasteiger partial charge >= 0.3 is 6.03 Å². The minimum atomic E-state index is -0.438. The highest BCUT2D eigenvalue weighted by Gasteiger charge is 2.55. The van der Waals surface area contributed by atoms with Crippen LogP contribution in [0.25, 0.3) is 0 Å². The second-order valence-corrected chi connectivity index (χ2v) is 8.91. The molecule has 1 aromatic rings. The highest BCUT2D eigenvalue weighted by atomic mass is 16.3. The van der Waals surface area contributed by atoms with Crippen LogP contribution in [0.3, 0.4) is 0 Å². The van der Waals surface area contributed by atoms with Crippen molar-refractivity contribution in [3.63, 3.8) is 0 Å². The molecule has 0 spiro atoms. The summed E-state index contributed by atoms with van der Waals surface area (Å²) in [5, 5.41) is 14.1. The highest BCUT2D eigenvalue weighted by Crippen LogP contribution is 2.55. The molecule has 5 aliphatic rings. The molecule has 1 aromatic carbocycles. The van der Waals surface area contributed by atoms with Crippen LogP contribution >= 0.6 is 0 Å². The van der Waals surface area contributed by atoms with Gasteiger partial charge in [0.2, 0.25) is 0 Å². The van der Waals surface area contributed by atoms with E-state index in [9.17, 15) is 9.90 Å². The largest absolute Gasteiger partial charge is 0.390 e. The van der Waals surface area contributed by atoms with Crippen LogP contribution in [0.5, 0.6) is 0 Å². The van der Waals surface area contributed by atoms with Crippen molar-refractivity contribution < 1.29 is 9.90 Å². The predicted molar refractivity (Wildman–Crippen MR) is 97.6 cm³/mol. The van der Waals surface area contributed by atoms with E-state index in [-0.39, 0.29) is 12.1 Å². The van der Waals surface area contributed by atoms with E-state index in [0.29, 0.717) is 17.8 Å². The first-order valence-electron chi connectivity index (χ1n) is 10.00. The molecule has 4 nitrogen and oxygen atoms in total. The third kappa shape index (κ3) is 2.66. The molecule has 134 valence electrons. The monoisotopic (exact) mass is 340 g/mol. The van der Waals surface area contributed by atoms with Crippen LogP contribution < -0.4 is 10.2 Å². The van der Waals surface area contributed by atoms with Gasteiger partial charge in [-0.25, -0.2) is 4.79 Å². The molecule has 4 heteroatoms. The molecular formula is C21H28N2O2. The molecule has 4 bridgehead atoms. The maximum atomic E-state index is 13.1. The second-order valence-electron chi connectivity index (χ2n) is 8.91. The van der Waals surface area contributed by atoms with Gasteiger partial charge in [-0.15, -0.1) is 0 Å². The maximum absolute atomic E-state index is 13.1. The number of rotatable bonds is 1. The quantitative estimate of drug-likeness (QED) is 0.822. The van der Waals surface area contributed by atoms with Crippen LogP contribution in [0.1, 0.15) is 50.5 Å². The minimum absolute atomic E-state index is 0.0683. The summed E-state index contributed by atoms with van der Waals surface area (Å²) in [6.45, 7) is 0.803. The van der Waals surface area contributed by atoms with Crippen molar-refractivity contribution in [3.8, 4) is 0 Å². The SMILES string of the molecule is O=C(NC1C2CC3CC1CC(O)(C3)C2)N1CCCCc2ccccc21. The molecule has 1 aliphatic heterocycles. The standard InChI is InChI=1S/C21H28N2O2/c24-20(23-8-4-3-6-15-5-1-2-7-18(15)23)22-19-16-9-14-10-17(19)13-21(25,11-14)12-16/h1-2,5,7,14,16-17,19,25H,3-4,6,8-13H2,(H,22,24). The number of hydrogen-bond acceptors (Lipinski definition) is 2. The molecule has 25 heavy (non-hydrogen) atoms. The van der Waals surface area contributed by atoms with Crippen LogP contribution in [0.4, 0.5) is 10.5 Å². The molecule has 2 unspecified atom stereocenters. The first-order valence-corrected chi connectivity index (χ1v) is 10.00. The summed E-state index contributed by atoms with van der Waals surface area (Å²) in [4.78, 5) is 15.1. The van der Waals surface area contributed by atoms with E-state index in [0.717, 1.165) is 50.8 Å². The molecule has 4 saturated carbocycles. The third-order valence-corrected chi connectivity index (χ3v) is 7.14. The number of aryl methyl sites for hydroxylation is 1. The molecule has 4 aliphatic carbocycles. The van der Waals surface area contributed by atoms with Gasteiger partial charge in [0.15, 0.2) is 0 Å². The smallest absolute Gasteiger partial charge is 0.322 e. The van der Waals surface area contributed by atoms with Crippen molar-refractivity contribution in [3.05, 3.63) is 29.8 Å². The number of aliphatic hydroxyl groups is 1. The van der Waals surface area contributed by atoms with Crippen LogP contribution in [-0.4, -0.2) is 29.3 Å². The number of amides is 2. The van der Waals surface area contributed by atoms with E-state index >= 15 is 0 Å². The van der Waals surface area contributed by atoms with Gasteiger partial charge in [0.25, 0.3) is 0 Å². The van der Waals surface area contributed by atoms with Crippen molar-refractivity contribution in [2.75, 3.05) is 11.4 Å². The second kappa shape index (κ2) is 5.73. The first kappa shape index (κ1) is 15.7. The Labute approximate surface area is 149 Å². The Morgan fingerprint density at radius 1 is 1.12 bits per heavy atom. The maximum Gasteiger partial charge on any atom is 0.322 e. The first-order chi connectivity index (χ1) is 12.1. The number of urea groups is 1. The third-order valence-electron chi connectivity index (χ3n) is 7.14. The van der Waals surface area contributed by atoms with E-state index in [1.807, 2.05) is 11.0 Å². The van der Waals surface area contributed by atoms with Crippen molar-refractivity contribution >= 4 is 11.7 Å². The van der Waals surface area contributed by atoms with E-state index in [1.54, 1.807) is 0 Å². The summed E-state index contributed by atoms with van der Waals surface area (Å²) >= 11 is 0. The van der Waals surface area contributed by atoms with Gasteiger partial charge < -0.3 is 10.4 Å². The van der Waals surface area contributed by atoms with Crippen molar-refractivity contribution in [2.45, 2.75) is 63.0 Å². The molecule has 0 saturated heterocycles. The Bertz CT molecular complexity index is 672. The fourth-order valence-corrected chi connectivity index (χ4v) is 6.34. The Hall–Kier alpha value is -1.55. The van der Waals surface area contributed by atoms with Crippen LogP contribution in [0.2, 0.25) is 0 Å². The molecular weight excluding hydrogens is 312 g/mol. The number of hydrogen-bond donors (Lipinski definition) is 2. The summed E-state index contributed by atoms with van der Waals surface area (Å²) in [5.74, 6) is 1.60. The number of carbonyl (C=O) groups excluding carboxylic acids is 1. The van der Waals surface area contributed by atoms with E-state index in [2.05, 4.69) is 23.5 Å². The molecule has 0 aromatic heterocycles. The van der Waals surface area contributed by atoms with E-state index in [4.69, 9.17) is 0 Å². The molecule has 1 heterocycles. The molecule has 2 atom stereocenters. The van der Waals surface area contributed by atoms with Gasteiger partial charge in [-0.1, -0.05) is 18.2 Å². The zero-order valence-electron chi connectivity index (χ0n) is 14.8. The number of fused-ring (bicyclic) bond motifs is 1. The highest BCUT2D eigenvalue weighted by molar-refractivity contribution is 5.93. The lowest BCUT2D eigenvalue weighted by molar-refractivity contribution is -0.136. The lowest BCUT2D eigenvalue weighted by atomic mass is 9.52. The topological polar surface area (TPSA) is 52.6 Å². The van der Waals surface area contributed by atoms with Gasteiger partial charge in [-0.3, -0.25) is 4.90 Å². The van der Waals surface area contributed by atoms with Crippen molar-refractivity contribution in [1.29, 1.82) is 0 Å². The molecule has 2 N–H and O–H groups in total. The Balaban J connectivity index is 1.36. The van der Waals surface area contributed by atoms with Gasteiger partial charge in [-0.05, 0) is 80.8 Å². The number of para-hydroxylation sites is 1. The predicted octanol–water partition coefficient (Wildman–Crippen LogP) is 3.48.